The van der Waals surface area contributed by atoms with Gasteiger partial charge >= 0.3 is 5.97 Å². The van der Waals surface area contributed by atoms with Crippen molar-refractivity contribution >= 4 is 5.97 Å². The maximum atomic E-state index is 11.2. The Labute approximate surface area is 156 Å². The molecule has 0 radical (unpaired) electrons. The molecule has 0 aliphatic heterocycles. The first-order valence-corrected chi connectivity index (χ1v) is 10.7. The average molecular weight is 355 g/mol. The lowest BCUT2D eigenvalue weighted by Crippen LogP contribution is -2.03. The van der Waals surface area contributed by atoms with Gasteiger partial charge in [0, 0.05) is 6.42 Å². The number of unbranched alkanes of at least 4 members (excludes halogenated alkanes) is 11. The van der Waals surface area contributed by atoms with Gasteiger partial charge in [0.25, 0.3) is 0 Å². The van der Waals surface area contributed by atoms with Crippen LogP contribution in [-0.2, 0) is 9.53 Å². The fourth-order valence-electron chi connectivity index (χ4n) is 2.94. The fraction of sp³-hybridized carbons (Fsp3) is 0.864. The molecule has 0 heterocycles. The third-order valence-corrected chi connectivity index (χ3v) is 4.52. The van der Waals surface area contributed by atoms with Crippen molar-refractivity contribution in [3.05, 3.63) is 12.2 Å². The molecule has 3 nitrogen and oxygen atoms in total. The van der Waals surface area contributed by atoms with E-state index in [9.17, 15) is 9.90 Å². The van der Waals surface area contributed by atoms with E-state index in [0.29, 0.717) is 13.0 Å². The van der Waals surface area contributed by atoms with Crippen LogP contribution < -0.4 is 0 Å². The van der Waals surface area contributed by atoms with Crippen molar-refractivity contribution in [2.75, 3.05) is 6.61 Å². The summed E-state index contributed by atoms with van der Waals surface area (Å²) in [6.07, 6.45) is 21.2. The highest BCUT2D eigenvalue weighted by Gasteiger charge is 2.00. The minimum atomic E-state index is -0.239. The number of hydrogen-bond acceptors (Lipinski definition) is 3. The number of ether oxygens (including phenoxy) is 1. The molecule has 0 rings (SSSR count). The van der Waals surface area contributed by atoms with Gasteiger partial charge in [0.15, 0.2) is 0 Å². The Bertz CT molecular complexity index is 312. The van der Waals surface area contributed by atoms with Gasteiger partial charge in [-0.3, -0.25) is 4.79 Å². The first kappa shape index (κ1) is 24.2. The van der Waals surface area contributed by atoms with Crippen molar-refractivity contribution in [1.29, 1.82) is 0 Å². The summed E-state index contributed by atoms with van der Waals surface area (Å²) >= 11 is 0. The molecule has 1 N–H and O–H groups in total. The number of esters is 1. The van der Waals surface area contributed by atoms with Gasteiger partial charge in [-0.15, -0.1) is 0 Å². The first-order valence-electron chi connectivity index (χ1n) is 10.7. The van der Waals surface area contributed by atoms with Gasteiger partial charge in [-0.1, -0.05) is 83.3 Å². The van der Waals surface area contributed by atoms with Crippen LogP contribution in [0.1, 0.15) is 110 Å². The lowest BCUT2D eigenvalue weighted by Gasteiger charge is -2.04. The number of allylic oxidation sites excluding steroid dienone is 1. The van der Waals surface area contributed by atoms with Crippen LogP contribution in [0.3, 0.4) is 0 Å². The third-order valence-electron chi connectivity index (χ3n) is 4.52. The molecular formula is C22H42O3. The van der Waals surface area contributed by atoms with Crippen LogP contribution >= 0.6 is 0 Å². The maximum absolute atomic E-state index is 11.2. The first-order chi connectivity index (χ1) is 12.2. The molecule has 0 aromatic rings. The Hall–Kier alpha value is -0.830. The highest BCUT2D eigenvalue weighted by atomic mass is 16.5. The molecule has 148 valence electrons. The van der Waals surface area contributed by atoms with E-state index in [1.54, 1.807) is 0 Å². The normalized spacial score (nSPS) is 12.6. The number of carbonyl (C=O) groups is 1. The van der Waals surface area contributed by atoms with Crippen molar-refractivity contribution in [3.8, 4) is 0 Å². The molecule has 0 bridgehead atoms. The molecule has 0 saturated heterocycles. The van der Waals surface area contributed by atoms with Gasteiger partial charge < -0.3 is 9.84 Å². The Morgan fingerprint density at radius 1 is 0.880 bits per heavy atom. The molecule has 0 aromatic carbocycles. The molecule has 1 atom stereocenters. The predicted octanol–water partition coefficient (Wildman–Crippen LogP) is 6.34. The van der Waals surface area contributed by atoms with E-state index in [-0.39, 0.29) is 12.1 Å². The topological polar surface area (TPSA) is 46.5 Å². The number of aliphatic hydroxyl groups excluding tert-OH is 1. The zero-order valence-corrected chi connectivity index (χ0v) is 16.8. The summed E-state index contributed by atoms with van der Waals surface area (Å²) in [5.41, 5.74) is 0. The third kappa shape index (κ3) is 19.3. The molecule has 0 aromatic heterocycles. The Balaban J connectivity index is 3.19. The van der Waals surface area contributed by atoms with Crippen molar-refractivity contribution in [2.45, 2.75) is 116 Å². The molecular weight excluding hydrogens is 312 g/mol. The second-order valence-corrected chi connectivity index (χ2v) is 7.02. The second-order valence-electron chi connectivity index (χ2n) is 7.02. The van der Waals surface area contributed by atoms with Crippen molar-refractivity contribution in [3.63, 3.8) is 0 Å². The molecule has 0 aliphatic rings. The fourth-order valence-corrected chi connectivity index (χ4v) is 2.94. The summed E-state index contributed by atoms with van der Waals surface area (Å²) in [5, 5.41) is 9.70. The molecule has 0 fully saturated rings. The minimum absolute atomic E-state index is 0.0483. The second kappa shape index (κ2) is 19.5. The number of hydrogen-bond donors (Lipinski definition) is 1. The summed E-state index contributed by atoms with van der Waals surface area (Å²) in [4.78, 5) is 11.2. The van der Waals surface area contributed by atoms with Crippen LogP contribution in [0.4, 0.5) is 0 Å². The Kier molecular flexibility index (Phi) is 18.8. The molecule has 3 heteroatoms. The summed E-state index contributed by atoms with van der Waals surface area (Å²) in [7, 11) is 0. The van der Waals surface area contributed by atoms with Gasteiger partial charge in [0.05, 0.1) is 12.7 Å². The Morgan fingerprint density at radius 2 is 1.44 bits per heavy atom. The van der Waals surface area contributed by atoms with E-state index in [2.05, 4.69) is 13.0 Å². The lowest BCUT2D eigenvalue weighted by atomic mass is 10.0. The van der Waals surface area contributed by atoms with Crippen LogP contribution in [0.25, 0.3) is 0 Å². The van der Waals surface area contributed by atoms with Crippen LogP contribution in [0.5, 0.6) is 0 Å². The summed E-state index contributed by atoms with van der Waals surface area (Å²) in [5.74, 6) is -0.0483. The highest BCUT2D eigenvalue weighted by Crippen LogP contribution is 2.12. The van der Waals surface area contributed by atoms with E-state index in [4.69, 9.17) is 4.74 Å². The zero-order chi connectivity index (χ0) is 18.6. The smallest absolute Gasteiger partial charge is 0.305 e. The van der Waals surface area contributed by atoms with Gasteiger partial charge in [-0.2, -0.15) is 0 Å². The maximum Gasteiger partial charge on any atom is 0.305 e. The molecule has 0 unspecified atom stereocenters. The SMILES string of the molecule is CCCC[C@@H](O)/C=C\CCCCCCCCCCCCC(=O)OCC. The van der Waals surface area contributed by atoms with E-state index < -0.39 is 0 Å². The average Bonchev–Trinajstić information content (AvgIpc) is 2.60. The van der Waals surface area contributed by atoms with Gasteiger partial charge in [-0.25, -0.2) is 0 Å². The summed E-state index contributed by atoms with van der Waals surface area (Å²) < 4.78 is 4.92. The molecule has 0 aliphatic carbocycles. The minimum Gasteiger partial charge on any atom is -0.466 e. The molecule has 0 spiro atoms. The molecule has 0 amide bonds. The highest BCUT2D eigenvalue weighted by molar-refractivity contribution is 5.69. The standard InChI is InChI=1S/C22H42O3/c1-3-5-18-21(23)19-16-14-12-10-8-6-7-9-11-13-15-17-20-22(24)25-4-2/h16,19,21,23H,3-15,17-18,20H2,1-2H3/b19-16-/t21-/m1/s1. The quantitative estimate of drug-likeness (QED) is 0.177. The zero-order valence-electron chi connectivity index (χ0n) is 16.8. The van der Waals surface area contributed by atoms with E-state index in [1.807, 2.05) is 13.0 Å². The van der Waals surface area contributed by atoms with Crippen LogP contribution in [0.2, 0.25) is 0 Å². The van der Waals surface area contributed by atoms with Gasteiger partial charge in [0.1, 0.15) is 0 Å². The number of carbonyl (C=O) groups excluding carboxylic acids is 1. The van der Waals surface area contributed by atoms with Crippen molar-refractivity contribution < 1.29 is 14.6 Å². The monoisotopic (exact) mass is 354 g/mol. The van der Waals surface area contributed by atoms with E-state index in [1.165, 1.54) is 51.4 Å². The number of rotatable bonds is 18. The summed E-state index contributed by atoms with van der Waals surface area (Å²) in [6.45, 7) is 4.51. The molecule has 25 heavy (non-hydrogen) atoms. The van der Waals surface area contributed by atoms with Gasteiger partial charge in [-0.05, 0) is 32.6 Å². The van der Waals surface area contributed by atoms with Crippen LogP contribution in [-0.4, -0.2) is 23.8 Å². The number of aliphatic hydroxyl groups is 1. The molecule has 0 saturated carbocycles. The van der Waals surface area contributed by atoms with E-state index >= 15 is 0 Å². The van der Waals surface area contributed by atoms with E-state index in [0.717, 1.165) is 38.5 Å². The van der Waals surface area contributed by atoms with Crippen LogP contribution in [0, 0.1) is 0 Å². The van der Waals surface area contributed by atoms with Gasteiger partial charge in [0.2, 0.25) is 0 Å². The van der Waals surface area contributed by atoms with Crippen LogP contribution in [0.15, 0.2) is 12.2 Å². The largest absolute Gasteiger partial charge is 0.466 e. The summed E-state index contributed by atoms with van der Waals surface area (Å²) in [6, 6.07) is 0. The predicted molar refractivity (Wildman–Crippen MR) is 107 cm³/mol. The van der Waals surface area contributed by atoms with Crippen molar-refractivity contribution in [1.82, 2.24) is 0 Å². The Morgan fingerprint density at radius 3 is 2.00 bits per heavy atom. The van der Waals surface area contributed by atoms with Crippen molar-refractivity contribution in [2.24, 2.45) is 0 Å². The lowest BCUT2D eigenvalue weighted by molar-refractivity contribution is -0.143.